The second-order valence-corrected chi connectivity index (χ2v) is 4.71. The molecule has 0 spiro atoms. The van der Waals surface area contributed by atoms with Gasteiger partial charge in [0.25, 0.3) is 0 Å². The van der Waals surface area contributed by atoms with Crippen LogP contribution in [0.1, 0.15) is 17.3 Å². The van der Waals surface area contributed by atoms with Crippen LogP contribution in [0.15, 0.2) is 46.7 Å². The van der Waals surface area contributed by atoms with Crippen LogP contribution in [0.25, 0.3) is 0 Å². The summed E-state index contributed by atoms with van der Waals surface area (Å²) in [7, 11) is 0. The Morgan fingerprint density at radius 3 is 2.95 bits per heavy atom. The largest absolute Gasteiger partial charge is 0.462 e. The number of ether oxygens (including phenoxy) is 1. The summed E-state index contributed by atoms with van der Waals surface area (Å²) in [6.45, 7) is 2.08. The third-order valence-electron chi connectivity index (χ3n) is 2.28. The Labute approximate surface area is 115 Å². The molecule has 0 unspecified atom stereocenters. The Morgan fingerprint density at radius 1 is 1.42 bits per heavy atom. The number of aromatic nitrogens is 2. The van der Waals surface area contributed by atoms with E-state index < -0.39 is 5.97 Å². The van der Waals surface area contributed by atoms with Crippen LogP contribution < -0.4 is 5.73 Å². The lowest BCUT2D eigenvalue weighted by atomic mass is 10.2. The molecule has 98 valence electrons. The maximum atomic E-state index is 11.7. The number of esters is 1. The molecule has 0 saturated carbocycles. The Bertz CT molecular complexity index is 575. The van der Waals surface area contributed by atoms with Gasteiger partial charge in [-0.3, -0.25) is 4.98 Å². The van der Waals surface area contributed by atoms with E-state index in [1.807, 2.05) is 6.07 Å². The summed E-state index contributed by atoms with van der Waals surface area (Å²) >= 11 is 1.41. The number of rotatable bonds is 4. The molecule has 1 aromatic heterocycles. The lowest BCUT2D eigenvalue weighted by Crippen LogP contribution is -2.07. The van der Waals surface area contributed by atoms with E-state index in [0.29, 0.717) is 17.9 Å². The number of hydrogen-bond donors (Lipinski definition) is 1. The molecule has 0 atom stereocenters. The van der Waals surface area contributed by atoms with Crippen LogP contribution >= 0.6 is 11.8 Å². The fourth-order valence-electron chi connectivity index (χ4n) is 1.44. The zero-order chi connectivity index (χ0) is 13.7. The van der Waals surface area contributed by atoms with Crippen LogP contribution in [0.3, 0.4) is 0 Å². The van der Waals surface area contributed by atoms with Crippen molar-refractivity contribution in [3.63, 3.8) is 0 Å². The number of carbonyl (C=O) groups excluding carboxylic acids is 1. The summed E-state index contributed by atoms with van der Waals surface area (Å²) < 4.78 is 4.96. The molecule has 0 radical (unpaired) electrons. The summed E-state index contributed by atoms with van der Waals surface area (Å²) in [5.41, 5.74) is 6.55. The number of nitrogens with two attached hydrogens (primary N) is 1. The van der Waals surface area contributed by atoms with Crippen LogP contribution in [-0.2, 0) is 4.74 Å². The first-order valence-corrected chi connectivity index (χ1v) is 6.53. The molecule has 0 aliphatic rings. The zero-order valence-corrected chi connectivity index (χ0v) is 11.2. The molecular formula is C13H13N3O2S. The molecule has 5 nitrogen and oxygen atoms in total. The van der Waals surface area contributed by atoms with Crippen LogP contribution in [0.4, 0.5) is 5.69 Å². The van der Waals surface area contributed by atoms with Gasteiger partial charge in [-0.1, -0.05) is 11.8 Å². The smallest absolute Gasteiger partial charge is 0.340 e. The fourth-order valence-corrected chi connectivity index (χ4v) is 2.22. The van der Waals surface area contributed by atoms with Crippen molar-refractivity contribution >= 4 is 23.4 Å². The zero-order valence-electron chi connectivity index (χ0n) is 10.4. The molecule has 0 aliphatic heterocycles. The average Bonchev–Trinajstić information content (AvgIpc) is 2.42. The number of nitrogen functional groups attached to an aromatic ring is 1. The minimum atomic E-state index is -0.415. The van der Waals surface area contributed by atoms with Crippen LogP contribution in [0, 0.1) is 0 Å². The molecule has 2 aromatic rings. The second kappa shape index (κ2) is 6.19. The SMILES string of the molecule is CCOC(=O)c1cc(Sc2cnccn2)ccc1N. The van der Waals surface area contributed by atoms with Gasteiger partial charge in [0.2, 0.25) is 0 Å². The van der Waals surface area contributed by atoms with Gasteiger partial charge in [-0.25, -0.2) is 9.78 Å². The summed E-state index contributed by atoms with van der Waals surface area (Å²) in [6.07, 6.45) is 4.88. The monoisotopic (exact) mass is 275 g/mol. The van der Waals surface area contributed by atoms with E-state index in [1.165, 1.54) is 11.8 Å². The number of anilines is 1. The molecule has 0 fully saturated rings. The maximum Gasteiger partial charge on any atom is 0.340 e. The van der Waals surface area contributed by atoms with Gasteiger partial charge in [0.05, 0.1) is 18.4 Å². The maximum absolute atomic E-state index is 11.7. The minimum absolute atomic E-state index is 0.319. The van der Waals surface area contributed by atoms with Crippen molar-refractivity contribution in [2.45, 2.75) is 16.8 Å². The van der Waals surface area contributed by atoms with Crippen molar-refractivity contribution in [1.82, 2.24) is 9.97 Å². The molecule has 0 amide bonds. The van der Waals surface area contributed by atoms with Gasteiger partial charge in [-0.15, -0.1) is 0 Å². The Hall–Kier alpha value is -2.08. The van der Waals surface area contributed by atoms with Crippen LogP contribution in [-0.4, -0.2) is 22.5 Å². The summed E-state index contributed by atoms with van der Waals surface area (Å²) in [5.74, 6) is -0.415. The lowest BCUT2D eigenvalue weighted by molar-refractivity contribution is 0.0527. The molecule has 2 rings (SSSR count). The van der Waals surface area contributed by atoms with Crippen molar-refractivity contribution in [2.24, 2.45) is 0 Å². The summed E-state index contributed by atoms with van der Waals surface area (Å²) in [4.78, 5) is 20.7. The van der Waals surface area contributed by atoms with Gasteiger partial charge >= 0.3 is 5.97 Å². The fraction of sp³-hybridized carbons (Fsp3) is 0.154. The molecule has 2 N–H and O–H groups in total. The predicted molar refractivity (Wildman–Crippen MR) is 73.0 cm³/mol. The molecule has 0 saturated heterocycles. The predicted octanol–water partition coefficient (Wildman–Crippen LogP) is 2.39. The highest BCUT2D eigenvalue weighted by molar-refractivity contribution is 7.99. The summed E-state index contributed by atoms with van der Waals surface area (Å²) in [6, 6.07) is 5.22. The Balaban J connectivity index is 2.23. The van der Waals surface area contributed by atoms with Crippen LogP contribution in [0.5, 0.6) is 0 Å². The summed E-state index contributed by atoms with van der Waals surface area (Å²) in [5, 5.41) is 0.752. The molecule has 0 aliphatic carbocycles. The van der Waals surface area contributed by atoms with Gasteiger partial charge in [-0.2, -0.15) is 0 Å². The normalized spacial score (nSPS) is 10.2. The minimum Gasteiger partial charge on any atom is -0.462 e. The average molecular weight is 275 g/mol. The first-order valence-electron chi connectivity index (χ1n) is 5.71. The molecule has 0 bridgehead atoms. The number of nitrogens with zero attached hydrogens (tertiary/aromatic N) is 2. The Kier molecular flexibility index (Phi) is 4.35. The van der Waals surface area contributed by atoms with E-state index >= 15 is 0 Å². The molecule has 1 aromatic carbocycles. The van der Waals surface area contributed by atoms with Gasteiger partial charge < -0.3 is 10.5 Å². The van der Waals surface area contributed by atoms with E-state index in [9.17, 15) is 4.79 Å². The van der Waals surface area contributed by atoms with Gasteiger partial charge in [0.15, 0.2) is 0 Å². The van der Waals surface area contributed by atoms with E-state index in [-0.39, 0.29) is 0 Å². The van der Waals surface area contributed by atoms with Crippen molar-refractivity contribution in [2.75, 3.05) is 12.3 Å². The molecular weight excluding hydrogens is 262 g/mol. The highest BCUT2D eigenvalue weighted by Crippen LogP contribution is 2.28. The van der Waals surface area contributed by atoms with Gasteiger partial charge in [0.1, 0.15) is 5.03 Å². The Morgan fingerprint density at radius 2 is 2.26 bits per heavy atom. The topological polar surface area (TPSA) is 78.1 Å². The third-order valence-corrected chi connectivity index (χ3v) is 3.19. The van der Waals surface area contributed by atoms with Crippen molar-refractivity contribution in [1.29, 1.82) is 0 Å². The number of carbonyl (C=O) groups is 1. The quantitative estimate of drug-likeness (QED) is 0.682. The molecule has 19 heavy (non-hydrogen) atoms. The van der Waals surface area contributed by atoms with E-state index in [4.69, 9.17) is 10.5 Å². The van der Waals surface area contributed by atoms with E-state index in [1.54, 1.807) is 37.6 Å². The molecule has 1 heterocycles. The lowest BCUT2D eigenvalue weighted by Gasteiger charge is -2.07. The first-order chi connectivity index (χ1) is 9.20. The van der Waals surface area contributed by atoms with E-state index in [0.717, 1.165) is 9.92 Å². The van der Waals surface area contributed by atoms with Crippen molar-refractivity contribution in [3.8, 4) is 0 Å². The van der Waals surface area contributed by atoms with E-state index in [2.05, 4.69) is 9.97 Å². The number of benzene rings is 1. The first kappa shape index (κ1) is 13.4. The highest BCUT2D eigenvalue weighted by atomic mass is 32.2. The highest BCUT2D eigenvalue weighted by Gasteiger charge is 2.12. The van der Waals surface area contributed by atoms with Crippen LogP contribution in [0.2, 0.25) is 0 Å². The molecule has 6 heteroatoms. The van der Waals surface area contributed by atoms with Crippen molar-refractivity contribution < 1.29 is 9.53 Å². The van der Waals surface area contributed by atoms with Crippen molar-refractivity contribution in [3.05, 3.63) is 42.4 Å². The standard InChI is InChI=1S/C13H13N3O2S/c1-2-18-13(17)10-7-9(3-4-11(10)14)19-12-8-15-5-6-16-12/h3-8H,2,14H2,1H3. The third kappa shape index (κ3) is 3.45. The van der Waals surface area contributed by atoms with Gasteiger partial charge in [-0.05, 0) is 25.1 Å². The second-order valence-electron chi connectivity index (χ2n) is 3.62. The number of hydrogen-bond acceptors (Lipinski definition) is 6. The van der Waals surface area contributed by atoms with Gasteiger partial charge in [0, 0.05) is 23.0 Å².